The largest absolute Gasteiger partial charge is 0.457 e. The van der Waals surface area contributed by atoms with E-state index in [0.29, 0.717) is 22.7 Å². The van der Waals surface area contributed by atoms with Crippen LogP contribution in [-0.4, -0.2) is 21.7 Å². The van der Waals surface area contributed by atoms with Gasteiger partial charge in [0.15, 0.2) is 0 Å². The molecule has 1 aliphatic rings. The summed E-state index contributed by atoms with van der Waals surface area (Å²) in [7, 11) is 0. The molecule has 1 saturated carbocycles. The Kier molecular flexibility index (Phi) is 5.22. The lowest BCUT2D eigenvalue weighted by Gasteiger charge is -2.19. The van der Waals surface area contributed by atoms with E-state index < -0.39 is 11.6 Å². The first-order chi connectivity index (χ1) is 12.7. The van der Waals surface area contributed by atoms with Crippen molar-refractivity contribution in [2.75, 3.05) is 0 Å². The zero-order valence-corrected chi connectivity index (χ0v) is 16.7. The minimum Gasteiger partial charge on any atom is -0.457 e. The first-order valence-electron chi connectivity index (χ1n) is 9.57. The van der Waals surface area contributed by atoms with Gasteiger partial charge in [0.05, 0.1) is 6.42 Å². The molecule has 0 N–H and O–H groups in total. The molecule has 1 heterocycles. The monoisotopic (exact) mass is 368 g/mol. The second kappa shape index (κ2) is 7.29. The number of carbonyl (C=O) groups is 1. The lowest BCUT2D eigenvalue weighted by molar-refractivity contribution is -0.150. The molecule has 0 amide bonds. The van der Waals surface area contributed by atoms with Gasteiger partial charge in [0.25, 0.3) is 0 Å². The number of benzene rings is 1. The molecule has 27 heavy (non-hydrogen) atoms. The van der Waals surface area contributed by atoms with Gasteiger partial charge >= 0.3 is 5.97 Å². The molecule has 0 spiro atoms. The van der Waals surface area contributed by atoms with E-state index >= 15 is 0 Å². The van der Waals surface area contributed by atoms with E-state index in [2.05, 4.69) is 35.8 Å². The van der Waals surface area contributed by atoms with E-state index in [9.17, 15) is 4.79 Å². The number of hydrogen-bond acceptors (Lipinski definition) is 5. The van der Waals surface area contributed by atoms with Gasteiger partial charge in [-0.15, -0.1) is 0 Å². The second-order valence-electron chi connectivity index (χ2n) is 8.40. The zero-order chi connectivity index (χ0) is 19.7. The summed E-state index contributed by atoms with van der Waals surface area (Å²) in [6.07, 6.45) is 5.18. The van der Waals surface area contributed by atoms with Gasteiger partial charge < -0.3 is 9.26 Å². The lowest BCUT2D eigenvalue weighted by Crippen LogP contribution is -2.25. The van der Waals surface area contributed by atoms with Crippen LogP contribution in [0.1, 0.15) is 64.8 Å². The minimum atomic E-state index is -0.557. The molecular weight excluding hydrogens is 340 g/mol. The molecule has 2 aromatic rings. The van der Waals surface area contributed by atoms with Crippen LogP contribution in [0.3, 0.4) is 0 Å². The molecule has 0 aliphatic heterocycles. The summed E-state index contributed by atoms with van der Waals surface area (Å²) in [6, 6.07) is 8.44. The number of esters is 1. The third-order valence-electron chi connectivity index (χ3n) is 4.86. The summed E-state index contributed by atoms with van der Waals surface area (Å²) >= 11 is 0. The fraction of sp³-hybridized carbons (Fsp3) is 0.500. The van der Waals surface area contributed by atoms with Crippen molar-refractivity contribution in [3.63, 3.8) is 0 Å². The maximum atomic E-state index is 12.0. The van der Waals surface area contributed by atoms with E-state index in [4.69, 9.17) is 9.26 Å². The van der Waals surface area contributed by atoms with Crippen LogP contribution >= 0.6 is 0 Å². The molecule has 5 nitrogen and oxygen atoms in total. The molecule has 0 unspecified atom stereocenters. The Morgan fingerprint density at radius 3 is 2.48 bits per heavy atom. The average molecular weight is 368 g/mol. The number of carbonyl (C=O) groups excluding carboxylic acids is 1. The summed E-state index contributed by atoms with van der Waals surface area (Å²) in [4.78, 5) is 16.4. The molecule has 0 radical (unpaired) electrons. The van der Waals surface area contributed by atoms with Crippen LogP contribution < -0.4 is 0 Å². The highest BCUT2D eigenvalue weighted by atomic mass is 16.6. The highest BCUT2D eigenvalue weighted by molar-refractivity contribution is 5.88. The third-order valence-corrected chi connectivity index (χ3v) is 4.86. The zero-order valence-electron chi connectivity index (χ0n) is 16.7. The fourth-order valence-electron chi connectivity index (χ4n) is 3.33. The van der Waals surface area contributed by atoms with Gasteiger partial charge in [-0.25, -0.2) is 4.79 Å². The lowest BCUT2D eigenvalue weighted by atomic mass is 9.90. The standard InChI is InChI=1S/C22H28N2O3/c1-6-11-22(12-13-22)17-9-7-16(8-10-17)19-23-18(27-24-19)14-15(2)20(25)26-21(3,4)5/h7-10H,2,6,11-14H2,1,3-5H3. The molecule has 0 atom stereocenters. The van der Waals surface area contributed by atoms with Gasteiger partial charge in [0.1, 0.15) is 5.60 Å². The third kappa shape index (κ3) is 4.65. The minimum absolute atomic E-state index is 0.180. The van der Waals surface area contributed by atoms with Crippen LogP contribution in [0.5, 0.6) is 0 Å². The number of hydrogen-bond donors (Lipinski definition) is 0. The molecular formula is C22H28N2O3. The Bertz CT molecular complexity index is 824. The summed E-state index contributed by atoms with van der Waals surface area (Å²) < 4.78 is 10.6. The number of ether oxygens (including phenoxy) is 1. The Hall–Kier alpha value is -2.43. The van der Waals surface area contributed by atoms with Crippen molar-refractivity contribution in [1.29, 1.82) is 0 Å². The van der Waals surface area contributed by atoms with Crippen molar-refractivity contribution in [3.8, 4) is 11.4 Å². The van der Waals surface area contributed by atoms with E-state index in [0.717, 1.165) is 5.56 Å². The smallest absolute Gasteiger partial charge is 0.334 e. The Balaban J connectivity index is 1.65. The fourth-order valence-corrected chi connectivity index (χ4v) is 3.33. The molecule has 1 aromatic carbocycles. The number of nitrogens with zero attached hydrogens (tertiary/aromatic N) is 2. The number of aromatic nitrogens is 2. The maximum Gasteiger partial charge on any atom is 0.334 e. The van der Waals surface area contributed by atoms with Gasteiger partial charge in [-0.1, -0.05) is 49.3 Å². The number of rotatable bonds is 7. The van der Waals surface area contributed by atoms with E-state index in [-0.39, 0.29) is 6.42 Å². The Morgan fingerprint density at radius 2 is 1.93 bits per heavy atom. The van der Waals surface area contributed by atoms with Crippen LogP contribution in [-0.2, 0) is 21.4 Å². The summed E-state index contributed by atoms with van der Waals surface area (Å²) in [6.45, 7) is 11.5. The predicted molar refractivity (Wildman–Crippen MR) is 104 cm³/mol. The molecule has 1 aliphatic carbocycles. The second-order valence-corrected chi connectivity index (χ2v) is 8.40. The molecule has 0 bridgehead atoms. The van der Waals surface area contributed by atoms with Crippen molar-refractivity contribution in [3.05, 3.63) is 47.9 Å². The normalized spacial score (nSPS) is 15.4. The van der Waals surface area contributed by atoms with Crippen LogP contribution in [0.25, 0.3) is 11.4 Å². The van der Waals surface area contributed by atoms with E-state index in [1.165, 1.54) is 31.2 Å². The first kappa shape index (κ1) is 19.3. The predicted octanol–water partition coefficient (Wildman–Crippen LogP) is 5.01. The van der Waals surface area contributed by atoms with Crippen LogP contribution in [0, 0.1) is 0 Å². The molecule has 1 fully saturated rings. The van der Waals surface area contributed by atoms with Crippen LogP contribution in [0.4, 0.5) is 0 Å². The summed E-state index contributed by atoms with van der Waals surface area (Å²) in [5, 5.41) is 4.04. The quantitative estimate of drug-likeness (QED) is 0.508. The van der Waals surface area contributed by atoms with Gasteiger partial charge in [0.2, 0.25) is 11.7 Å². The first-order valence-corrected chi connectivity index (χ1v) is 9.57. The summed E-state index contributed by atoms with van der Waals surface area (Å²) in [5.41, 5.74) is 2.43. The van der Waals surface area contributed by atoms with Gasteiger partial charge in [-0.2, -0.15) is 4.98 Å². The van der Waals surface area contributed by atoms with Crippen molar-refractivity contribution in [2.45, 2.75) is 70.8 Å². The molecule has 3 rings (SSSR count). The maximum absolute atomic E-state index is 12.0. The van der Waals surface area contributed by atoms with E-state index in [1.54, 1.807) is 0 Å². The Labute approximate surface area is 160 Å². The van der Waals surface area contributed by atoms with Gasteiger partial charge in [-0.3, -0.25) is 0 Å². The topological polar surface area (TPSA) is 65.2 Å². The molecule has 1 aromatic heterocycles. The van der Waals surface area contributed by atoms with Gasteiger partial charge in [-0.05, 0) is 51.0 Å². The molecule has 5 heteroatoms. The molecule has 0 saturated heterocycles. The highest BCUT2D eigenvalue weighted by Gasteiger charge is 2.42. The van der Waals surface area contributed by atoms with Gasteiger partial charge in [0, 0.05) is 11.1 Å². The van der Waals surface area contributed by atoms with Crippen molar-refractivity contribution < 1.29 is 14.1 Å². The van der Waals surface area contributed by atoms with E-state index in [1.807, 2.05) is 32.9 Å². The Morgan fingerprint density at radius 1 is 1.26 bits per heavy atom. The van der Waals surface area contributed by atoms with Crippen molar-refractivity contribution in [1.82, 2.24) is 10.1 Å². The average Bonchev–Trinajstić information content (AvgIpc) is 3.23. The van der Waals surface area contributed by atoms with Crippen LogP contribution in [0.15, 0.2) is 40.9 Å². The van der Waals surface area contributed by atoms with Crippen molar-refractivity contribution in [2.24, 2.45) is 0 Å². The summed E-state index contributed by atoms with van der Waals surface area (Å²) in [5.74, 6) is 0.431. The van der Waals surface area contributed by atoms with Crippen LogP contribution in [0.2, 0.25) is 0 Å². The SMILES string of the molecule is C=C(Cc1nc(-c2ccc(C3(CCC)CC3)cc2)no1)C(=O)OC(C)(C)C. The molecule has 144 valence electrons. The van der Waals surface area contributed by atoms with Crippen molar-refractivity contribution >= 4 is 5.97 Å². The highest BCUT2D eigenvalue weighted by Crippen LogP contribution is 2.51.